The molecule has 2 nitrogen and oxygen atoms in total. The zero-order chi connectivity index (χ0) is 11.0. The monoisotopic (exact) mass is 217 g/mol. The summed E-state index contributed by atoms with van der Waals surface area (Å²) in [6.45, 7) is 0. The van der Waals surface area contributed by atoms with Gasteiger partial charge in [0.05, 0.1) is 7.11 Å². The minimum Gasteiger partial charge on any atom is -0.497 e. The van der Waals surface area contributed by atoms with Crippen molar-refractivity contribution < 1.29 is 4.74 Å². The number of ether oxygens (including phenoxy) is 1. The summed E-state index contributed by atoms with van der Waals surface area (Å²) < 4.78 is 5.29. The molecule has 0 aromatic heterocycles. The average molecular weight is 217 g/mol. The first-order chi connectivity index (χ1) is 7.81. The number of hydrogen-bond donors (Lipinski definition) is 1. The number of benzene rings is 1. The quantitative estimate of drug-likeness (QED) is 0.778. The van der Waals surface area contributed by atoms with Gasteiger partial charge in [0.1, 0.15) is 5.75 Å². The van der Waals surface area contributed by atoms with E-state index in [2.05, 4.69) is 17.4 Å². The van der Waals surface area contributed by atoms with Crippen LogP contribution in [0.15, 0.2) is 18.2 Å². The third-order valence-electron chi connectivity index (χ3n) is 4.05. The molecule has 2 aliphatic rings. The Bertz CT molecular complexity index is 394. The molecule has 1 spiro atoms. The van der Waals surface area contributed by atoms with Crippen LogP contribution >= 0.6 is 0 Å². The molecule has 0 bridgehead atoms. The van der Waals surface area contributed by atoms with Crippen LogP contribution in [0.1, 0.15) is 37.7 Å². The minimum atomic E-state index is 0.368. The molecule has 2 heteroatoms. The summed E-state index contributed by atoms with van der Waals surface area (Å²) in [5.74, 6) is 0.980. The molecule has 0 radical (unpaired) electrons. The van der Waals surface area contributed by atoms with Gasteiger partial charge in [-0.3, -0.25) is 0 Å². The maximum Gasteiger partial charge on any atom is 0.119 e. The molecule has 0 atom stereocenters. The topological polar surface area (TPSA) is 21.3 Å². The number of anilines is 1. The molecule has 86 valence electrons. The Labute approximate surface area is 97.0 Å². The van der Waals surface area contributed by atoms with Crippen LogP contribution < -0.4 is 10.1 Å². The second kappa shape index (κ2) is 3.69. The van der Waals surface area contributed by atoms with Gasteiger partial charge in [-0.15, -0.1) is 0 Å². The predicted octanol–water partition coefficient (Wildman–Crippen LogP) is 3.37. The fourth-order valence-corrected chi connectivity index (χ4v) is 3.19. The molecular formula is C14H19NO. The average Bonchev–Trinajstić information content (AvgIpc) is 2.66. The van der Waals surface area contributed by atoms with Crippen molar-refractivity contribution in [3.8, 4) is 5.75 Å². The first-order valence-corrected chi connectivity index (χ1v) is 6.26. The lowest BCUT2D eigenvalue weighted by Crippen LogP contribution is -2.38. The normalized spacial score (nSPS) is 21.6. The largest absolute Gasteiger partial charge is 0.497 e. The van der Waals surface area contributed by atoms with Gasteiger partial charge >= 0.3 is 0 Å². The van der Waals surface area contributed by atoms with Crippen LogP contribution in [0.4, 0.5) is 5.69 Å². The van der Waals surface area contributed by atoms with Crippen molar-refractivity contribution in [2.75, 3.05) is 12.4 Å². The Hall–Kier alpha value is -1.18. The fraction of sp³-hybridized carbons (Fsp3) is 0.571. The lowest BCUT2D eigenvalue weighted by Gasteiger charge is -2.34. The molecule has 1 aromatic rings. The van der Waals surface area contributed by atoms with Crippen LogP contribution in [0.5, 0.6) is 5.75 Å². The summed E-state index contributed by atoms with van der Waals surface area (Å²) in [6.07, 6.45) is 7.98. The van der Waals surface area contributed by atoms with Gasteiger partial charge in [0.15, 0.2) is 0 Å². The van der Waals surface area contributed by atoms with Crippen molar-refractivity contribution in [2.24, 2.45) is 0 Å². The van der Waals surface area contributed by atoms with Gasteiger partial charge in [-0.2, -0.15) is 0 Å². The molecule has 1 saturated carbocycles. The summed E-state index contributed by atoms with van der Waals surface area (Å²) in [6, 6.07) is 6.40. The molecule has 1 heterocycles. The van der Waals surface area contributed by atoms with Crippen molar-refractivity contribution in [3.63, 3.8) is 0 Å². The van der Waals surface area contributed by atoms with Crippen molar-refractivity contribution in [2.45, 2.75) is 44.1 Å². The summed E-state index contributed by atoms with van der Waals surface area (Å²) in [5.41, 5.74) is 3.12. The van der Waals surface area contributed by atoms with Crippen LogP contribution in [0.25, 0.3) is 0 Å². The smallest absolute Gasteiger partial charge is 0.119 e. The summed E-state index contributed by atoms with van der Waals surface area (Å²) in [7, 11) is 1.74. The van der Waals surface area contributed by atoms with E-state index in [4.69, 9.17) is 4.74 Å². The molecular weight excluding hydrogens is 198 g/mol. The van der Waals surface area contributed by atoms with Gasteiger partial charge in [-0.25, -0.2) is 0 Å². The zero-order valence-corrected chi connectivity index (χ0v) is 9.88. The standard InChI is InChI=1S/C14H19NO/c1-16-12-5-6-13-11(9-12)10-14(15-13)7-3-2-4-8-14/h5-6,9,15H,2-4,7-8,10H2,1H3. The Kier molecular flexibility index (Phi) is 2.31. The maximum atomic E-state index is 5.29. The predicted molar refractivity (Wildman–Crippen MR) is 66.1 cm³/mol. The van der Waals surface area contributed by atoms with E-state index in [0.29, 0.717) is 5.54 Å². The van der Waals surface area contributed by atoms with Gasteiger partial charge in [0.2, 0.25) is 0 Å². The number of methoxy groups -OCH3 is 1. The van der Waals surface area contributed by atoms with E-state index in [9.17, 15) is 0 Å². The highest BCUT2D eigenvalue weighted by Crippen LogP contribution is 2.42. The molecule has 1 aliphatic carbocycles. The number of rotatable bonds is 1. The lowest BCUT2D eigenvalue weighted by atomic mass is 9.80. The molecule has 16 heavy (non-hydrogen) atoms. The van der Waals surface area contributed by atoms with E-state index in [1.807, 2.05) is 6.07 Å². The second-order valence-electron chi connectivity index (χ2n) is 5.17. The molecule has 1 aliphatic heterocycles. The SMILES string of the molecule is COc1ccc2c(c1)CC1(CCCCC1)N2. The van der Waals surface area contributed by atoms with Crippen molar-refractivity contribution in [1.29, 1.82) is 0 Å². The lowest BCUT2D eigenvalue weighted by molar-refractivity contribution is 0.332. The van der Waals surface area contributed by atoms with Gasteiger partial charge in [0, 0.05) is 11.2 Å². The first kappa shape index (κ1) is 10.0. The second-order valence-corrected chi connectivity index (χ2v) is 5.17. The van der Waals surface area contributed by atoms with E-state index < -0.39 is 0 Å². The van der Waals surface area contributed by atoms with Crippen LogP contribution in [0.3, 0.4) is 0 Å². The highest BCUT2D eigenvalue weighted by atomic mass is 16.5. The number of hydrogen-bond acceptors (Lipinski definition) is 2. The summed E-state index contributed by atoms with van der Waals surface area (Å²) in [5, 5.41) is 3.75. The Morgan fingerprint density at radius 2 is 2.00 bits per heavy atom. The molecule has 0 saturated heterocycles. The van der Waals surface area contributed by atoms with Gasteiger partial charge in [-0.05, 0) is 43.0 Å². The van der Waals surface area contributed by atoms with E-state index >= 15 is 0 Å². The molecule has 1 N–H and O–H groups in total. The Morgan fingerprint density at radius 1 is 1.19 bits per heavy atom. The third-order valence-corrected chi connectivity index (χ3v) is 4.05. The number of fused-ring (bicyclic) bond motifs is 1. The van der Waals surface area contributed by atoms with Crippen LogP contribution in [-0.4, -0.2) is 12.6 Å². The highest BCUT2D eigenvalue weighted by molar-refractivity contribution is 5.61. The van der Waals surface area contributed by atoms with Crippen molar-refractivity contribution in [1.82, 2.24) is 0 Å². The molecule has 1 fully saturated rings. The van der Waals surface area contributed by atoms with E-state index in [0.717, 1.165) is 5.75 Å². The van der Waals surface area contributed by atoms with Crippen LogP contribution in [0, 0.1) is 0 Å². The van der Waals surface area contributed by atoms with Crippen LogP contribution in [-0.2, 0) is 6.42 Å². The molecule has 3 rings (SSSR count). The summed E-state index contributed by atoms with van der Waals surface area (Å²) in [4.78, 5) is 0. The van der Waals surface area contributed by atoms with Crippen molar-refractivity contribution >= 4 is 5.69 Å². The third kappa shape index (κ3) is 1.57. The van der Waals surface area contributed by atoms with Crippen molar-refractivity contribution in [3.05, 3.63) is 23.8 Å². The summed E-state index contributed by atoms with van der Waals surface area (Å²) >= 11 is 0. The fourth-order valence-electron chi connectivity index (χ4n) is 3.19. The Balaban J connectivity index is 1.87. The van der Waals surface area contributed by atoms with Gasteiger partial charge in [-0.1, -0.05) is 19.3 Å². The molecule has 0 amide bonds. The zero-order valence-electron chi connectivity index (χ0n) is 9.88. The van der Waals surface area contributed by atoms with E-state index in [-0.39, 0.29) is 0 Å². The van der Waals surface area contributed by atoms with Crippen LogP contribution in [0.2, 0.25) is 0 Å². The molecule has 0 unspecified atom stereocenters. The van der Waals surface area contributed by atoms with Gasteiger partial charge < -0.3 is 10.1 Å². The highest BCUT2D eigenvalue weighted by Gasteiger charge is 2.37. The number of nitrogens with one attached hydrogen (secondary N) is 1. The Morgan fingerprint density at radius 3 is 2.75 bits per heavy atom. The minimum absolute atomic E-state index is 0.368. The first-order valence-electron chi connectivity index (χ1n) is 6.26. The van der Waals surface area contributed by atoms with E-state index in [1.165, 1.54) is 49.8 Å². The van der Waals surface area contributed by atoms with Gasteiger partial charge in [0.25, 0.3) is 0 Å². The van der Waals surface area contributed by atoms with E-state index in [1.54, 1.807) is 7.11 Å². The maximum absolute atomic E-state index is 5.29. The molecule has 1 aromatic carbocycles.